The van der Waals surface area contributed by atoms with E-state index in [0.29, 0.717) is 13.0 Å². The number of fused-ring (bicyclic) bond motifs is 1. The molecule has 0 aromatic heterocycles. The van der Waals surface area contributed by atoms with E-state index in [-0.39, 0.29) is 29.8 Å². The third-order valence-corrected chi connectivity index (χ3v) is 5.49. The molecule has 22 heavy (non-hydrogen) atoms. The number of carbonyl (C=O) groups is 1. The van der Waals surface area contributed by atoms with Gasteiger partial charge in [-0.15, -0.1) is 11.8 Å². The van der Waals surface area contributed by atoms with Crippen LogP contribution < -0.4 is 5.32 Å². The van der Waals surface area contributed by atoms with E-state index in [1.807, 2.05) is 38.1 Å². The predicted octanol–water partition coefficient (Wildman–Crippen LogP) is 2.25. The summed E-state index contributed by atoms with van der Waals surface area (Å²) in [5, 5.41) is 12.2. The minimum absolute atomic E-state index is 0.0253. The van der Waals surface area contributed by atoms with Crippen LogP contribution in [0.3, 0.4) is 0 Å². The fourth-order valence-corrected chi connectivity index (χ4v) is 4.33. The van der Waals surface area contributed by atoms with E-state index < -0.39 is 5.79 Å². The largest absolute Gasteiger partial charge is 0.396 e. The summed E-state index contributed by atoms with van der Waals surface area (Å²) in [7, 11) is 0. The van der Waals surface area contributed by atoms with Crippen LogP contribution in [0.25, 0.3) is 0 Å². The zero-order valence-corrected chi connectivity index (χ0v) is 13.6. The number of rotatable bonds is 3. The number of hydrogen-bond acceptors (Lipinski definition) is 5. The molecule has 0 saturated carbocycles. The fraction of sp³-hybridized carbons (Fsp3) is 0.562. The summed E-state index contributed by atoms with van der Waals surface area (Å²) >= 11 is 1.63. The van der Waals surface area contributed by atoms with Gasteiger partial charge in [-0.25, -0.2) is 0 Å². The lowest BCUT2D eigenvalue weighted by atomic mass is 9.96. The number of nitrogens with one attached hydrogen (secondary N) is 1. The third-order valence-electron chi connectivity index (χ3n) is 3.98. The summed E-state index contributed by atoms with van der Waals surface area (Å²) in [5.41, 5.74) is 0.820. The smallest absolute Gasteiger partial charge is 0.228 e. The third kappa shape index (κ3) is 3.15. The van der Waals surface area contributed by atoms with E-state index in [1.54, 1.807) is 11.8 Å². The van der Waals surface area contributed by atoms with Crippen molar-refractivity contribution in [2.45, 2.75) is 42.3 Å². The van der Waals surface area contributed by atoms with Gasteiger partial charge >= 0.3 is 0 Å². The molecule has 0 spiro atoms. The lowest BCUT2D eigenvalue weighted by Gasteiger charge is -2.27. The Balaban J connectivity index is 1.91. The van der Waals surface area contributed by atoms with Gasteiger partial charge in [-0.2, -0.15) is 0 Å². The molecule has 5 nitrogen and oxygen atoms in total. The maximum atomic E-state index is 12.6. The van der Waals surface area contributed by atoms with Crippen molar-refractivity contribution < 1.29 is 19.4 Å². The minimum atomic E-state index is -0.628. The number of thioether (sulfide) groups is 1. The average Bonchev–Trinajstić information content (AvgIpc) is 2.77. The molecule has 120 valence electrons. The lowest BCUT2D eigenvalue weighted by molar-refractivity contribution is -0.141. The van der Waals surface area contributed by atoms with E-state index in [1.165, 1.54) is 0 Å². The molecule has 2 N–H and O–H groups in total. The van der Waals surface area contributed by atoms with Crippen molar-refractivity contribution in [2.24, 2.45) is 5.92 Å². The highest BCUT2D eigenvalue weighted by molar-refractivity contribution is 8.00. The molecule has 1 aromatic carbocycles. The highest BCUT2D eigenvalue weighted by Crippen LogP contribution is 2.42. The highest BCUT2D eigenvalue weighted by Gasteiger charge is 2.44. The van der Waals surface area contributed by atoms with Crippen LogP contribution in [-0.2, 0) is 14.3 Å². The first-order chi connectivity index (χ1) is 10.5. The molecule has 0 radical (unpaired) electrons. The van der Waals surface area contributed by atoms with Crippen LogP contribution in [0, 0.1) is 5.92 Å². The van der Waals surface area contributed by atoms with Crippen LogP contribution in [0.1, 0.15) is 20.3 Å². The van der Waals surface area contributed by atoms with Gasteiger partial charge in [0.2, 0.25) is 5.91 Å². The first-order valence-electron chi connectivity index (χ1n) is 7.49. The number of ether oxygens (including phenoxy) is 2. The molecule has 0 aliphatic carbocycles. The Labute approximate surface area is 134 Å². The van der Waals surface area contributed by atoms with E-state index in [4.69, 9.17) is 9.47 Å². The van der Waals surface area contributed by atoms with Crippen LogP contribution in [-0.4, -0.2) is 41.4 Å². The van der Waals surface area contributed by atoms with E-state index >= 15 is 0 Å². The van der Waals surface area contributed by atoms with Crippen molar-refractivity contribution >= 4 is 23.4 Å². The van der Waals surface area contributed by atoms with Crippen LogP contribution in [0.15, 0.2) is 29.2 Å². The molecule has 2 heterocycles. The lowest BCUT2D eigenvalue weighted by Crippen LogP contribution is -2.39. The number of carbonyl (C=O) groups excluding carboxylic acids is 1. The second-order valence-electron chi connectivity index (χ2n) is 6.05. The first kappa shape index (κ1) is 15.8. The Morgan fingerprint density at radius 3 is 2.86 bits per heavy atom. The fourth-order valence-electron chi connectivity index (χ4n) is 2.92. The predicted molar refractivity (Wildman–Crippen MR) is 84.8 cm³/mol. The SMILES string of the molecule is CC1(C)OC[C@H]([C@H]2Sc3ccccc3NC(=O)[C@H]2CCO)O1. The normalized spacial score (nSPS) is 30.5. The van der Waals surface area contributed by atoms with E-state index in [0.717, 1.165) is 10.6 Å². The topological polar surface area (TPSA) is 67.8 Å². The van der Waals surface area contributed by atoms with E-state index in [9.17, 15) is 9.90 Å². The molecule has 0 unspecified atom stereocenters. The molecule has 3 rings (SSSR count). The Morgan fingerprint density at radius 2 is 2.18 bits per heavy atom. The maximum absolute atomic E-state index is 12.6. The van der Waals surface area contributed by atoms with Crippen LogP contribution in [0.4, 0.5) is 5.69 Å². The van der Waals surface area contributed by atoms with Crippen molar-refractivity contribution in [3.05, 3.63) is 24.3 Å². The molecule has 1 amide bonds. The molecule has 1 saturated heterocycles. The summed E-state index contributed by atoms with van der Waals surface area (Å²) < 4.78 is 11.6. The second kappa shape index (κ2) is 6.20. The van der Waals surface area contributed by atoms with Gasteiger partial charge in [-0.3, -0.25) is 4.79 Å². The van der Waals surface area contributed by atoms with E-state index in [2.05, 4.69) is 5.32 Å². The van der Waals surface area contributed by atoms with Crippen LogP contribution >= 0.6 is 11.8 Å². The van der Waals surface area contributed by atoms with Gasteiger partial charge in [-0.1, -0.05) is 12.1 Å². The number of benzene rings is 1. The van der Waals surface area contributed by atoms with Crippen LogP contribution in [0.5, 0.6) is 0 Å². The molecule has 1 aromatic rings. The van der Waals surface area contributed by atoms with Crippen molar-refractivity contribution in [1.29, 1.82) is 0 Å². The van der Waals surface area contributed by atoms with Gasteiger partial charge in [0.05, 0.1) is 24.3 Å². The Hall–Kier alpha value is -1.08. The van der Waals surface area contributed by atoms with Gasteiger partial charge in [0.15, 0.2) is 5.79 Å². The zero-order chi connectivity index (χ0) is 15.7. The highest BCUT2D eigenvalue weighted by atomic mass is 32.2. The summed E-state index contributed by atoms with van der Waals surface area (Å²) in [6, 6.07) is 7.75. The van der Waals surface area contributed by atoms with Crippen LogP contribution in [0.2, 0.25) is 0 Å². The number of hydrogen-bond donors (Lipinski definition) is 2. The first-order valence-corrected chi connectivity index (χ1v) is 8.37. The number of amides is 1. The quantitative estimate of drug-likeness (QED) is 0.893. The van der Waals surface area contributed by atoms with Gasteiger partial charge in [0, 0.05) is 16.8 Å². The Morgan fingerprint density at radius 1 is 1.41 bits per heavy atom. The number of anilines is 1. The second-order valence-corrected chi connectivity index (χ2v) is 7.27. The van der Waals surface area contributed by atoms with Crippen molar-refractivity contribution in [2.75, 3.05) is 18.5 Å². The van der Waals surface area contributed by atoms with Crippen molar-refractivity contribution in [1.82, 2.24) is 0 Å². The van der Waals surface area contributed by atoms with Gasteiger partial charge in [0.25, 0.3) is 0 Å². The summed E-state index contributed by atoms with van der Waals surface area (Å²) in [5.74, 6) is -1.01. The number of aliphatic hydroxyl groups is 1. The molecular weight excluding hydrogens is 302 g/mol. The summed E-state index contributed by atoms with van der Waals surface area (Å²) in [6.07, 6.45) is 0.242. The molecule has 3 atom stereocenters. The van der Waals surface area contributed by atoms with Crippen molar-refractivity contribution in [3.63, 3.8) is 0 Å². The molecule has 6 heteroatoms. The molecule has 2 aliphatic rings. The zero-order valence-electron chi connectivity index (χ0n) is 12.7. The summed E-state index contributed by atoms with van der Waals surface area (Å²) in [4.78, 5) is 13.6. The van der Waals surface area contributed by atoms with Gasteiger partial charge < -0.3 is 19.9 Å². The van der Waals surface area contributed by atoms with Crippen molar-refractivity contribution in [3.8, 4) is 0 Å². The molecule has 0 bridgehead atoms. The summed E-state index contributed by atoms with van der Waals surface area (Å²) in [6.45, 7) is 4.19. The number of aliphatic hydroxyl groups excluding tert-OH is 1. The Kier molecular flexibility index (Phi) is 4.45. The Bertz CT molecular complexity index is 563. The van der Waals surface area contributed by atoms with Gasteiger partial charge in [0.1, 0.15) is 0 Å². The monoisotopic (exact) mass is 323 g/mol. The molecular formula is C16H21NO4S. The number of para-hydroxylation sites is 1. The van der Waals surface area contributed by atoms with Gasteiger partial charge in [-0.05, 0) is 32.4 Å². The minimum Gasteiger partial charge on any atom is -0.396 e. The standard InChI is InChI=1S/C16H21NO4S/c1-16(2)20-9-12(21-16)14-10(7-8-18)15(19)17-11-5-3-4-6-13(11)22-14/h3-6,10,12,14,18H,7-9H2,1-2H3,(H,17,19)/t10-,12+,14-/m0/s1. The average molecular weight is 323 g/mol. The molecule has 1 fully saturated rings. The molecule has 2 aliphatic heterocycles. The maximum Gasteiger partial charge on any atom is 0.228 e.